The van der Waals surface area contributed by atoms with Crippen LogP contribution in [0.4, 0.5) is 0 Å². The lowest BCUT2D eigenvalue weighted by molar-refractivity contribution is 1.18. The molecular formula is C18H11Cl2N. The zero-order valence-electron chi connectivity index (χ0n) is 11.1. The molecule has 102 valence electrons. The molecule has 4 aromatic rings. The van der Waals surface area contributed by atoms with Crippen LogP contribution in [-0.2, 0) is 0 Å². The highest BCUT2D eigenvalue weighted by Crippen LogP contribution is 2.37. The van der Waals surface area contributed by atoms with E-state index in [4.69, 9.17) is 23.2 Å². The Balaban J connectivity index is 2.27. The Morgan fingerprint density at radius 3 is 2.24 bits per heavy atom. The molecule has 3 heteroatoms. The average Bonchev–Trinajstić information content (AvgIpc) is 2.83. The van der Waals surface area contributed by atoms with Gasteiger partial charge >= 0.3 is 0 Å². The molecule has 0 radical (unpaired) electrons. The highest BCUT2D eigenvalue weighted by Gasteiger charge is 2.15. The van der Waals surface area contributed by atoms with Crippen LogP contribution >= 0.6 is 23.2 Å². The second-order valence-corrected chi connectivity index (χ2v) is 5.82. The SMILES string of the molecule is Clc1cc(Cl)c2c(c1)c1ccccc1n2-c1ccccc1. The first-order valence-electron chi connectivity index (χ1n) is 6.69. The largest absolute Gasteiger partial charge is 0.308 e. The maximum atomic E-state index is 6.48. The van der Waals surface area contributed by atoms with E-state index in [2.05, 4.69) is 28.8 Å². The highest BCUT2D eigenvalue weighted by molar-refractivity contribution is 6.39. The fraction of sp³-hybridized carbons (Fsp3) is 0. The maximum absolute atomic E-state index is 6.48. The fourth-order valence-corrected chi connectivity index (χ4v) is 3.44. The zero-order chi connectivity index (χ0) is 14.4. The molecule has 4 rings (SSSR count). The molecule has 1 aromatic heterocycles. The van der Waals surface area contributed by atoms with Crippen LogP contribution in [0.25, 0.3) is 27.5 Å². The summed E-state index contributed by atoms with van der Waals surface area (Å²) >= 11 is 12.7. The quantitative estimate of drug-likeness (QED) is 0.401. The normalized spacial score (nSPS) is 11.3. The van der Waals surface area contributed by atoms with E-state index in [1.165, 1.54) is 0 Å². The Morgan fingerprint density at radius 2 is 1.43 bits per heavy atom. The van der Waals surface area contributed by atoms with Crippen molar-refractivity contribution < 1.29 is 0 Å². The van der Waals surface area contributed by atoms with Gasteiger partial charge in [0.25, 0.3) is 0 Å². The van der Waals surface area contributed by atoms with Crippen molar-refractivity contribution in [3.8, 4) is 5.69 Å². The maximum Gasteiger partial charge on any atom is 0.0728 e. The van der Waals surface area contributed by atoms with Crippen molar-refractivity contribution in [3.05, 3.63) is 76.8 Å². The zero-order valence-corrected chi connectivity index (χ0v) is 12.6. The Bertz CT molecular complexity index is 955. The molecule has 0 unspecified atom stereocenters. The van der Waals surface area contributed by atoms with Crippen molar-refractivity contribution in [3.63, 3.8) is 0 Å². The number of aromatic nitrogens is 1. The van der Waals surface area contributed by atoms with Crippen molar-refractivity contribution in [1.29, 1.82) is 0 Å². The van der Waals surface area contributed by atoms with Crippen LogP contribution in [0.15, 0.2) is 66.7 Å². The average molecular weight is 312 g/mol. The summed E-state index contributed by atoms with van der Waals surface area (Å²) in [5.74, 6) is 0. The molecule has 21 heavy (non-hydrogen) atoms. The van der Waals surface area contributed by atoms with E-state index < -0.39 is 0 Å². The van der Waals surface area contributed by atoms with Crippen molar-refractivity contribution in [1.82, 2.24) is 4.57 Å². The molecule has 0 aliphatic rings. The molecule has 0 N–H and O–H groups in total. The predicted molar refractivity (Wildman–Crippen MR) is 90.8 cm³/mol. The van der Waals surface area contributed by atoms with Gasteiger partial charge in [0.05, 0.1) is 16.1 Å². The molecule has 0 aliphatic carbocycles. The van der Waals surface area contributed by atoms with Crippen LogP contribution < -0.4 is 0 Å². The lowest BCUT2D eigenvalue weighted by Gasteiger charge is -2.08. The second kappa shape index (κ2) is 4.80. The minimum atomic E-state index is 0.656. The molecule has 1 nitrogen and oxygen atoms in total. The summed E-state index contributed by atoms with van der Waals surface area (Å²) in [6.07, 6.45) is 0. The third-order valence-corrected chi connectivity index (χ3v) is 4.21. The van der Waals surface area contributed by atoms with Crippen LogP contribution in [0.5, 0.6) is 0 Å². The number of nitrogens with zero attached hydrogens (tertiary/aromatic N) is 1. The number of para-hydroxylation sites is 2. The van der Waals surface area contributed by atoms with Crippen LogP contribution in [0.1, 0.15) is 0 Å². The summed E-state index contributed by atoms with van der Waals surface area (Å²) in [5.41, 5.74) is 3.21. The van der Waals surface area contributed by atoms with E-state index in [9.17, 15) is 0 Å². The van der Waals surface area contributed by atoms with Crippen molar-refractivity contribution >= 4 is 45.0 Å². The van der Waals surface area contributed by atoms with Crippen molar-refractivity contribution in [2.24, 2.45) is 0 Å². The Hall–Kier alpha value is -1.96. The van der Waals surface area contributed by atoms with Crippen LogP contribution in [-0.4, -0.2) is 4.57 Å². The van der Waals surface area contributed by atoms with Gasteiger partial charge in [0.15, 0.2) is 0 Å². The summed E-state index contributed by atoms with van der Waals surface area (Å²) in [6, 6.07) is 22.3. The molecule has 3 aromatic carbocycles. The van der Waals surface area contributed by atoms with E-state index >= 15 is 0 Å². The lowest BCUT2D eigenvalue weighted by Crippen LogP contribution is -1.93. The number of halogens is 2. The number of fused-ring (bicyclic) bond motifs is 3. The molecular weight excluding hydrogens is 301 g/mol. The number of benzene rings is 3. The van der Waals surface area contributed by atoms with Crippen molar-refractivity contribution in [2.75, 3.05) is 0 Å². The van der Waals surface area contributed by atoms with Gasteiger partial charge in [-0.15, -0.1) is 0 Å². The summed E-state index contributed by atoms with van der Waals surface area (Å²) in [7, 11) is 0. The molecule has 0 spiro atoms. The number of hydrogen-bond acceptors (Lipinski definition) is 0. The van der Waals surface area contributed by atoms with Gasteiger partial charge in [0.2, 0.25) is 0 Å². The second-order valence-electron chi connectivity index (χ2n) is 4.97. The minimum Gasteiger partial charge on any atom is -0.308 e. The molecule has 0 bridgehead atoms. The first-order valence-corrected chi connectivity index (χ1v) is 7.45. The third kappa shape index (κ3) is 1.93. The summed E-state index contributed by atoms with van der Waals surface area (Å²) in [6.45, 7) is 0. The van der Waals surface area contributed by atoms with Crippen LogP contribution in [0, 0.1) is 0 Å². The van der Waals surface area contributed by atoms with Gasteiger partial charge in [-0.25, -0.2) is 0 Å². The van der Waals surface area contributed by atoms with Crippen LogP contribution in [0.3, 0.4) is 0 Å². The molecule has 0 saturated heterocycles. The fourth-order valence-electron chi connectivity index (χ4n) is 2.86. The molecule has 0 amide bonds. The predicted octanol–water partition coefficient (Wildman–Crippen LogP) is 6.09. The lowest BCUT2D eigenvalue weighted by atomic mass is 10.1. The van der Waals surface area contributed by atoms with E-state index in [-0.39, 0.29) is 0 Å². The monoisotopic (exact) mass is 311 g/mol. The Kier molecular flexibility index (Phi) is 2.91. The first-order chi connectivity index (χ1) is 10.3. The van der Waals surface area contributed by atoms with E-state index in [1.807, 2.05) is 36.4 Å². The van der Waals surface area contributed by atoms with Gasteiger partial charge in [0.1, 0.15) is 0 Å². The molecule has 0 aliphatic heterocycles. The van der Waals surface area contributed by atoms with Gasteiger partial charge in [-0.2, -0.15) is 0 Å². The molecule has 0 atom stereocenters. The summed E-state index contributed by atoms with van der Waals surface area (Å²) in [5, 5.41) is 3.55. The third-order valence-electron chi connectivity index (χ3n) is 3.70. The highest BCUT2D eigenvalue weighted by atomic mass is 35.5. The van der Waals surface area contributed by atoms with E-state index in [0.717, 1.165) is 27.5 Å². The Morgan fingerprint density at radius 1 is 0.714 bits per heavy atom. The minimum absolute atomic E-state index is 0.656. The van der Waals surface area contributed by atoms with Gasteiger partial charge in [-0.3, -0.25) is 0 Å². The summed E-state index contributed by atoms with van der Waals surface area (Å²) < 4.78 is 2.18. The van der Waals surface area contributed by atoms with Gasteiger partial charge in [-0.05, 0) is 30.3 Å². The van der Waals surface area contributed by atoms with E-state index in [0.29, 0.717) is 10.0 Å². The number of hydrogen-bond donors (Lipinski definition) is 0. The summed E-state index contributed by atoms with van der Waals surface area (Å²) in [4.78, 5) is 0. The smallest absolute Gasteiger partial charge is 0.0728 e. The van der Waals surface area contributed by atoms with Gasteiger partial charge in [-0.1, -0.05) is 59.6 Å². The topological polar surface area (TPSA) is 4.93 Å². The van der Waals surface area contributed by atoms with Crippen LogP contribution in [0.2, 0.25) is 10.0 Å². The Labute approximate surface area is 132 Å². The van der Waals surface area contributed by atoms with Gasteiger partial charge < -0.3 is 4.57 Å². The van der Waals surface area contributed by atoms with Gasteiger partial charge in [0, 0.05) is 21.5 Å². The standard InChI is InChI=1S/C18H11Cl2N/c19-12-10-15-14-8-4-5-9-17(14)21(18(15)16(20)11-12)13-6-2-1-3-7-13/h1-11H. The first kappa shape index (κ1) is 12.8. The van der Waals surface area contributed by atoms with E-state index in [1.54, 1.807) is 6.07 Å². The van der Waals surface area contributed by atoms with Crippen molar-refractivity contribution in [2.45, 2.75) is 0 Å². The molecule has 0 saturated carbocycles. The number of rotatable bonds is 1. The molecule has 1 heterocycles. The molecule has 0 fully saturated rings.